The Morgan fingerprint density at radius 3 is 2.47 bits per heavy atom. The molecule has 166 valence electrons. The molecule has 10 heteroatoms. The van der Waals surface area contributed by atoms with Gasteiger partial charge in [0.1, 0.15) is 11.5 Å². The number of carbonyl (C=O) groups is 1. The van der Waals surface area contributed by atoms with Crippen molar-refractivity contribution in [1.82, 2.24) is 14.8 Å². The summed E-state index contributed by atoms with van der Waals surface area (Å²) in [5.41, 5.74) is 1.41. The third kappa shape index (κ3) is 3.40. The highest BCUT2D eigenvalue weighted by Gasteiger charge is 2.35. The molecule has 4 heterocycles. The van der Waals surface area contributed by atoms with E-state index in [4.69, 9.17) is 0 Å². The van der Waals surface area contributed by atoms with Gasteiger partial charge in [0.05, 0.1) is 23.9 Å². The fourth-order valence-corrected chi connectivity index (χ4v) is 4.13. The van der Waals surface area contributed by atoms with Crippen LogP contribution in [-0.2, 0) is 6.18 Å². The molecule has 1 N–H and O–H groups in total. The molecular weight excluding hydrogens is 423 g/mol. The minimum absolute atomic E-state index is 0.162. The Morgan fingerprint density at radius 1 is 1.09 bits per heavy atom. The van der Waals surface area contributed by atoms with Crippen molar-refractivity contribution in [3.63, 3.8) is 0 Å². The predicted octanol–water partition coefficient (Wildman–Crippen LogP) is 3.37. The lowest BCUT2D eigenvalue weighted by atomic mass is 10.0. The van der Waals surface area contributed by atoms with E-state index in [1.807, 2.05) is 17.9 Å². The van der Waals surface area contributed by atoms with E-state index in [-0.39, 0.29) is 18.1 Å². The highest BCUT2D eigenvalue weighted by atomic mass is 19.4. The van der Waals surface area contributed by atoms with Gasteiger partial charge in [0.2, 0.25) is 0 Å². The number of rotatable bonds is 3. The highest BCUT2D eigenvalue weighted by Crippen LogP contribution is 2.35. The molecule has 7 nitrogen and oxygen atoms in total. The van der Waals surface area contributed by atoms with Gasteiger partial charge in [-0.15, -0.1) is 0 Å². The maximum absolute atomic E-state index is 13.4. The van der Waals surface area contributed by atoms with Crippen LogP contribution in [-0.4, -0.2) is 51.5 Å². The molecule has 1 saturated heterocycles. The summed E-state index contributed by atoms with van der Waals surface area (Å²) in [4.78, 5) is 21.2. The maximum Gasteiger partial charge on any atom is 0.416 e. The summed E-state index contributed by atoms with van der Waals surface area (Å²) in [5, 5.41) is 14.0. The first-order chi connectivity index (χ1) is 15.2. The molecule has 2 aromatic heterocycles. The molecule has 0 unspecified atom stereocenters. The number of amides is 1. The van der Waals surface area contributed by atoms with Gasteiger partial charge in [-0.1, -0.05) is 0 Å². The highest BCUT2D eigenvalue weighted by molar-refractivity contribution is 6.09. The smallest absolute Gasteiger partial charge is 0.389 e. The second kappa shape index (κ2) is 7.33. The van der Waals surface area contributed by atoms with Gasteiger partial charge < -0.3 is 14.9 Å². The van der Waals surface area contributed by atoms with Gasteiger partial charge in [-0.25, -0.2) is 4.98 Å². The summed E-state index contributed by atoms with van der Waals surface area (Å²) < 4.78 is 40.4. The molecule has 1 amide bonds. The molecule has 1 aromatic carbocycles. The van der Waals surface area contributed by atoms with Gasteiger partial charge in [-0.2, -0.15) is 18.3 Å². The zero-order valence-electron chi connectivity index (χ0n) is 17.1. The number of alkyl halides is 3. The lowest BCUT2D eigenvalue weighted by molar-refractivity contribution is -0.137. The standard InChI is InChI=1S/C22H20F3N5O2/c1-13-10-29(16-4-2-15(3-5-16)22(23,24)25)21(32)20-18(9-27-30(13)20)14-6-7-26-19(8-14)28-11-17(31)12-28/h2-9,13,17,31H,10-12H2,1H3/t13-/m0/s1. The number of aromatic nitrogens is 3. The van der Waals surface area contributed by atoms with Crippen molar-refractivity contribution < 1.29 is 23.1 Å². The topological polar surface area (TPSA) is 74.5 Å². The Bertz CT molecular complexity index is 1170. The van der Waals surface area contributed by atoms with Gasteiger partial charge in [0.25, 0.3) is 5.91 Å². The fraction of sp³-hybridized carbons (Fsp3) is 0.318. The normalized spacial score (nSPS) is 19.2. The third-order valence-corrected chi connectivity index (χ3v) is 5.86. The van der Waals surface area contributed by atoms with Crippen molar-refractivity contribution in [3.05, 3.63) is 60.0 Å². The first-order valence-corrected chi connectivity index (χ1v) is 10.2. The van der Waals surface area contributed by atoms with Crippen molar-refractivity contribution in [2.24, 2.45) is 0 Å². The third-order valence-electron chi connectivity index (χ3n) is 5.86. The average molecular weight is 443 g/mol. The molecular formula is C22H20F3N5O2. The van der Waals surface area contributed by atoms with Crippen LogP contribution in [0.3, 0.4) is 0 Å². The summed E-state index contributed by atoms with van der Waals surface area (Å²) in [6.45, 7) is 3.20. The minimum Gasteiger partial charge on any atom is -0.389 e. The molecule has 0 spiro atoms. The lowest BCUT2D eigenvalue weighted by Gasteiger charge is -2.37. The van der Waals surface area contributed by atoms with E-state index in [0.717, 1.165) is 17.7 Å². The molecule has 1 fully saturated rings. The first kappa shape index (κ1) is 20.5. The van der Waals surface area contributed by atoms with E-state index in [0.29, 0.717) is 42.4 Å². The number of aliphatic hydroxyl groups excluding tert-OH is 1. The van der Waals surface area contributed by atoms with Crippen LogP contribution in [0.4, 0.5) is 24.7 Å². The number of pyridine rings is 1. The summed E-state index contributed by atoms with van der Waals surface area (Å²) in [5.74, 6) is 0.372. The summed E-state index contributed by atoms with van der Waals surface area (Å²) in [6.07, 6.45) is -1.53. The van der Waals surface area contributed by atoms with E-state index >= 15 is 0 Å². The number of fused-ring (bicyclic) bond motifs is 1. The van der Waals surface area contributed by atoms with Crippen LogP contribution < -0.4 is 9.80 Å². The quantitative estimate of drug-likeness (QED) is 0.672. The first-order valence-electron chi connectivity index (χ1n) is 10.2. The van der Waals surface area contributed by atoms with Crippen LogP contribution in [0.2, 0.25) is 0 Å². The van der Waals surface area contributed by atoms with Crippen molar-refractivity contribution in [2.45, 2.75) is 25.2 Å². The van der Waals surface area contributed by atoms with Crippen LogP contribution in [0.25, 0.3) is 11.1 Å². The second-order valence-electron chi connectivity index (χ2n) is 8.12. The molecule has 2 aliphatic rings. The van der Waals surface area contributed by atoms with Gasteiger partial charge in [0.15, 0.2) is 0 Å². The molecule has 3 aromatic rings. The van der Waals surface area contributed by atoms with Crippen molar-refractivity contribution in [1.29, 1.82) is 0 Å². The summed E-state index contributed by atoms with van der Waals surface area (Å²) in [7, 11) is 0. The number of nitrogens with zero attached hydrogens (tertiary/aromatic N) is 5. The van der Waals surface area contributed by atoms with E-state index in [1.54, 1.807) is 23.1 Å². The van der Waals surface area contributed by atoms with Gasteiger partial charge >= 0.3 is 6.18 Å². The molecule has 0 saturated carbocycles. The van der Waals surface area contributed by atoms with Gasteiger partial charge in [0, 0.05) is 37.1 Å². The number of halogens is 3. The predicted molar refractivity (Wildman–Crippen MR) is 112 cm³/mol. The number of benzene rings is 1. The van der Waals surface area contributed by atoms with Crippen LogP contribution in [0, 0.1) is 0 Å². The number of aliphatic hydroxyl groups is 1. The van der Waals surface area contributed by atoms with Gasteiger partial charge in [-0.05, 0) is 48.9 Å². The van der Waals surface area contributed by atoms with Crippen LogP contribution in [0.1, 0.15) is 29.0 Å². The SMILES string of the molecule is C[C@H]1CN(c2ccc(C(F)(F)F)cc2)C(=O)c2c(-c3ccnc(N4CC(O)C4)c3)cnn21. The maximum atomic E-state index is 13.4. The molecule has 0 radical (unpaired) electrons. The second-order valence-corrected chi connectivity index (χ2v) is 8.12. The Balaban J connectivity index is 1.49. The average Bonchev–Trinajstić information content (AvgIpc) is 3.20. The Labute approximate surface area is 181 Å². The van der Waals surface area contributed by atoms with E-state index in [9.17, 15) is 23.1 Å². The Kier molecular flexibility index (Phi) is 4.70. The van der Waals surface area contributed by atoms with Crippen LogP contribution >= 0.6 is 0 Å². The van der Waals surface area contributed by atoms with E-state index < -0.39 is 11.7 Å². The Hall–Kier alpha value is -3.40. The van der Waals surface area contributed by atoms with Crippen molar-refractivity contribution in [3.8, 4) is 11.1 Å². The Morgan fingerprint density at radius 2 is 1.81 bits per heavy atom. The van der Waals surface area contributed by atoms with Crippen molar-refractivity contribution >= 4 is 17.4 Å². The minimum atomic E-state index is -4.44. The van der Waals surface area contributed by atoms with Crippen LogP contribution in [0.15, 0.2) is 48.8 Å². The number of hydrogen-bond acceptors (Lipinski definition) is 5. The van der Waals surface area contributed by atoms with E-state index in [2.05, 4.69) is 10.1 Å². The summed E-state index contributed by atoms with van der Waals surface area (Å²) >= 11 is 0. The molecule has 0 bridgehead atoms. The number of anilines is 2. The van der Waals surface area contributed by atoms with Gasteiger partial charge in [-0.3, -0.25) is 9.48 Å². The number of hydrogen-bond donors (Lipinski definition) is 1. The molecule has 0 aliphatic carbocycles. The zero-order valence-corrected chi connectivity index (χ0v) is 17.1. The molecule has 1 atom stereocenters. The van der Waals surface area contributed by atoms with Crippen LogP contribution in [0.5, 0.6) is 0 Å². The fourth-order valence-electron chi connectivity index (χ4n) is 4.13. The molecule has 32 heavy (non-hydrogen) atoms. The molecule has 2 aliphatic heterocycles. The van der Waals surface area contributed by atoms with Crippen molar-refractivity contribution in [2.75, 3.05) is 29.4 Å². The van der Waals surface area contributed by atoms with E-state index in [1.165, 1.54) is 17.0 Å². The number of β-amino-alcohol motifs (C(OH)–C–C–N with tert-alkyl or cyclic N) is 1. The monoisotopic (exact) mass is 443 g/mol. The largest absolute Gasteiger partial charge is 0.416 e. The molecule has 5 rings (SSSR count). The zero-order chi connectivity index (χ0) is 22.6. The lowest BCUT2D eigenvalue weighted by Crippen LogP contribution is -2.51. The number of carbonyl (C=O) groups excluding carboxylic acids is 1. The summed E-state index contributed by atoms with van der Waals surface area (Å²) in [6, 6.07) is 8.07.